The maximum absolute atomic E-state index is 12.3. The Morgan fingerprint density at radius 2 is 1.95 bits per heavy atom. The van der Waals surface area contributed by atoms with E-state index in [9.17, 15) is 8.42 Å². The molecule has 0 aromatic carbocycles. The molecule has 8 heteroatoms. The largest absolute Gasteiger partial charge is 0.465 e. The number of sulfonamides is 1. The zero-order chi connectivity index (χ0) is 15.7. The summed E-state index contributed by atoms with van der Waals surface area (Å²) in [5, 5.41) is 7.69. The number of hydrogen-bond acceptors (Lipinski definition) is 6. The number of furan rings is 1. The van der Waals surface area contributed by atoms with Gasteiger partial charge in [-0.1, -0.05) is 17.9 Å². The monoisotopic (exact) mass is 325 g/mol. The number of aryl methyl sites for hydroxylation is 2. The summed E-state index contributed by atoms with van der Waals surface area (Å²) < 4.78 is 37.5. The van der Waals surface area contributed by atoms with Crippen molar-refractivity contribution in [3.8, 4) is 0 Å². The Balaban J connectivity index is 1.72. The molecule has 1 saturated carbocycles. The van der Waals surface area contributed by atoms with Crippen LogP contribution in [-0.2, 0) is 16.4 Å². The molecule has 0 atom stereocenters. The second-order valence-electron chi connectivity index (χ2n) is 5.74. The molecule has 22 heavy (non-hydrogen) atoms. The highest BCUT2D eigenvalue weighted by molar-refractivity contribution is 7.92. The Morgan fingerprint density at radius 1 is 1.23 bits per heavy atom. The molecule has 0 aliphatic heterocycles. The number of hydrogen-bond donors (Lipinski definition) is 1. The van der Waals surface area contributed by atoms with Crippen molar-refractivity contribution in [2.45, 2.75) is 50.8 Å². The topological polar surface area (TPSA) is 98.2 Å². The first-order valence-electron chi connectivity index (χ1n) is 7.36. The van der Waals surface area contributed by atoms with E-state index in [0.29, 0.717) is 29.7 Å². The van der Waals surface area contributed by atoms with Crippen molar-refractivity contribution in [2.75, 3.05) is 4.72 Å². The molecule has 0 bridgehead atoms. The second kappa shape index (κ2) is 5.75. The van der Waals surface area contributed by atoms with Crippen LogP contribution < -0.4 is 4.72 Å². The summed E-state index contributed by atoms with van der Waals surface area (Å²) in [5.41, 5.74) is 0. The average Bonchev–Trinajstić information content (AvgIpc) is 3.13. The average molecular weight is 325 g/mol. The lowest BCUT2D eigenvalue weighted by Crippen LogP contribution is -2.13. The first-order valence-corrected chi connectivity index (χ1v) is 8.84. The maximum Gasteiger partial charge on any atom is 0.329 e. The maximum atomic E-state index is 12.3. The van der Waals surface area contributed by atoms with Crippen LogP contribution in [0.5, 0.6) is 0 Å². The highest BCUT2D eigenvalue weighted by Crippen LogP contribution is 2.28. The van der Waals surface area contributed by atoms with Crippen molar-refractivity contribution in [1.29, 1.82) is 0 Å². The highest BCUT2D eigenvalue weighted by atomic mass is 32.2. The summed E-state index contributed by atoms with van der Waals surface area (Å²) >= 11 is 0. The molecule has 0 saturated heterocycles. The first kappa shape index (κ1) is 15.1. The van der Waals surface area contributed by atoms with Crippen LogP contribution in [0.15, 0.2) is 19.8 Å². The van der Waals surface area contributed by atoms with Crippen LogP contribution in [0.2, 0.25) is 0 Å². The van der Waals surface area contributed by atoms with E-state index in [-0.39, 0.29) is 10.9 Å². The van der Waals surface area contributed by atoms with Crippen molar-refractivity contribution in [1.82, 2.24) is 10.2 Å². The van der Waals surface area contributed by atoms with Crippen LogP contribution in [-0.4, -0.2) is 18.6 Å². The van der Waals surface area contributed by atoms with E-state index in [4.69, 9.17) is 8.83 Å². The van der Waals surface area contributed by atoms with Crippen molar-refractivity contribution in [2.24, 2.45) is 5.92 Å². The van der Waals surface area contributed by atoms with Gasteiger partial charge in [0.1, 0.15) is 16.4 Å². The van der Waals surface area contributed by atoms with Gasteiger partial charge in [-0.3, -0.25) is 0 Å². The molecule has 2 aromatic heterocycles. The van der Waals surface area contributed by atoms with Crippen LogP contribution >= 0.6 is 0 Å². The van der Waals surface area contributed by atoms with Gasteiger partial charge in [0, 0.05) is 12.5 Å². The molecule has 1 aliphatic rings. The normalized spacial score (nSPS) is 16.3. The quantitative estimate of drug-likeness (QED) is 0.907. The molecule has 7 nitrogen and oxygen atoms in total. The van der Waals surface area contributed by atoms with E-state index >= 15 is 0 Å². The van der Waals surface area contributed by atoms with Crippen molar-refractivity contribution < 1.29 is 17.3 Å². The van der Waals surface area contributed by atoms with E-state index in [0.717, 1.165) is 12.8 Å². The molecule has 0 spiro atoms. The van der Waals surface area contributed by atoms with Gasteiger partial charge in [0.05, 0.1) is 0 Å². The SMILES string of the molecule is Cc1cc(S(=O)(=O)Nc2nnc(CC3CCCC3)o2)c(C)o1. The zero-order valence-corrected chi connectivity index (χ0v) is 13.4. The predicted molar refractivity (Wildman–Crippen MR) is 79.0 cm³/mol. The molecule has 1 aliphatic carbocycles. The summed E-state index contributed by atoms with van der Waals surface area (Å²) in [6.07, 6.45) is 5.50. The van der Waals surface area contributed by atoms with Crippen LogP contribution in [0.1, 0.15) is 43.1 Å². The standard InChI is InChI=1S/C14H19N3O4S/c1-9-7-12(10(2)20-9)22(18,19)17-14-16-15-13(21-14)8-11-5-3-4-6-11/h7,11H,3-6,8H2,1-2H3,(H,16,17). The zero-order valence-electron chi connectivity index (χ0n) is 12.6. The predicted octanol–water partition coefficient (Wildman–Crippen LogP) is 2.81. The number of anilines is 1. The van der Waals surface area contributed by atoms with Crippen LogP contribution in [0.4, 0.5) is 6.01 Å². The van der Waals surface area contributed by atoms with Crippen LogP contribution in [0.25, 0.3) is 0 Å². The Bertz CT molecular complexity index is 757. The highest BCUT2D eigenvalue weighted by Gasteiger charge is 2.24. The van der Waals surface area contributed by atoms with Gasteiger partial charge in [0.25, 0.3) is 10.0 Å². The Labute approximate surface area is 129 Å². The number of rotatable bonds is 5. The fourth-order valence-corrected chi connectivity index (χ4v) is 4.05. The van der Waals surface area contributed by atoms with Gasteiger partial charge < -0.3 is 8.83 Å². The third-order valence-electron chi connectivity index (χ3n) is 3.91. The molecular weight excluding hydrogens is 306 g/mol. The van der Waals surface area contributed by atoms with Crippen molar-refractivity contribution in [3.05, 3.63) is 23.5 Å². The van der Waals surface area contributed by atoms with Crippen molar-refractivity contribution in [3.63, 3.8) is 0 Å². The fraction of sp³-hybridized carbons (Fsp3) is 0.571. The first-order chi connectivity index (χ1) is 10.4. The molecule has 2 aromatic rings. The third kappa shape index (κ3) is 3.16. The minimum Gasteiger partial charge on any atom is -0.465 e. The summed E-state index contributed by atoms with van der Waals surface area (Å²) in [5.74, 6) is 1.90. The number of nitrogens with zero attached hydrogens (tertiary/aromatic N) is 2. The molecule has 0 radical (unpaired) electrons. The molecule has 120 valence electrons. The molecule has 1 fully saturated rings. The summed E-state index contributed by atoms with van der Waals surface area (Å²) in [6, 6.07) is 1.36. The lowest BCUT2D eigenvalue weighted by Gasteiger charge is -2.04. The lowest BCUT2D eigenvalue weighted by molar-refractivity contribution is 0.439. The smallest absolute Gasteiger partial charge is 0.329 e. The van der Waals surface area contributed by atoms with Gasteiger partial charge in [-0.15, -0.1) is 5.10 Å². The Hall–Kier alpha value is -1.83. The van der Waals surface area contributed by atoms with Gasteiger partial charge >= 0.3 is 6.01 Å². The molecule has 1 N–H and O–H groups in total. The number of aromatic nitrogens is 2. The van der Waals surface area contributed by atoms with Gasteiger partial charge in [-0.25, -0.2) is 13.1 Å². The molecule has 2 heterocycles. The van der Waals surface area contributed by atoms with E-state index in [1.165, 1.54) is 18.9 Å². The van der Waals surface area contributed by atoms with Crippen LogP contribution in [0.3, 0.4) is 0 Å². The van der Waals surface area contributed by atoms with Gasteiger partial charge in [0.15, 0.2) is 0 Å². The number of nitrogens with one attached hydrogen (secondary N) is 1. The van der Waals surface area contributed by atoms with Gasteiger partial charge in [0.2, 0.25) is 5.89 Å². The minimum atomic E-state index is -3.78. The fourth-order valence-electron chi connectivity index (χ4n) is 2.88. The van der Waals surface area contributed by atoms with Crippen molar-refractivity contribution >= 4 is 16.0 Å². The molecule has 0 unspecified atom stereocenters. The molecule has 3 rings (SSSR count). The molecule has 0 amide bonds. The van der Waals surface area contributed by atoms with Crippen LogP contribution in [0, 0.1) is 19.8 Å². The third-order valence-corrected chi connectivity index (χ3v) is 5.34. The van der Waals surface area contributed by atoms with Gasteiger partial charge in [-0.2, -0.15) is 0 Å². The summed E-state index contributed by atoms with van der Waals surface area (Å²) in [7, 11) is -3.78. The Kier molecular flexibility index (Phi) is 3.94. The van der Waals surface area contributed by atoms with E-state index < -0.39 is 10.0 Å². The minimum absolute atomic E-state index is 0.0838. The summed E-state index contributed by atoms with van der Waals surface area (Å²) in [4.78, 5) is 0.0838. The van der Waals surface area contributed by atoms with E-state index in [1.54, 1.807) is 13.8 Å². The second-order valence-corrected chi connectivity index (χ2v) is 7.39. The Morgan fingerprint density at radius 3 is 2.59 bits per heavy atom. The lowest BCUT2D eigenvalue weighted by atomic mass is 10.0. The molecular formula is C14H19N3O4S. The van der Waals surface area contributed by atoms with Gasteiger partial charge in [-0.05, 0) is 32.6 Å². The summed E-state index contributed by atoms with van der Waals surface area (Å²) in [6.45, 7) is 3.29. The van der Waals surface area contributed by atoms with E-state index in [2.05, 4.69) is 14.9 Å². The van der Waals surface area contributed by atoms with E-state index in [1.807, 2.05) is 0 Å².